The van der Waals surface area contributed by atoms with Gasteiger partial charge in [0.25, 0.3) is 5.69 Å². The van der Waals surface area contributed by atoms with E-state index in [2.05, 4.69) is 0 Å². The highest BCUT2D eigenvalue weighted by Gasteiger charge is 2.20. The molecule has 17 heavy (non-hydrogen) atoms. The zero-order chi connectivity index (χ0) is 12.3. The van der Waals surface area contributed by atoms with E-state index in [-0.39, 0.29) is 16.7 Å². The third-order valence-electron chi connectivity index (χ3n) is 3.51. The summed E-state index contributed by atoms with van der Waals surface area (Å²) >= 11 is 0. The minimum absolute atomic E-state index is 0.140. The van der Waals surface area contributed by atoms with Crippen LogP contribution >= 0.6 is 0 Å². The van der Waals surface area contributed by atoms with Gasteiger partial charge in [-0.25, -0.2) is 0 Å². The minimum atomic E-state index is -0.377. The molecule has 0 bridgehead atoms. The first kappa shape index (κ1) is 12.0. The van der Waals surface area contributed by atoms with Crippen LogP contribution in [0.15, 0.2) is 24.3 Å². The fraction of sp³-hybridized carbons (Fsp3) is 0.538. The van der Waals surface area contributed by atoms with Crippen LogP contribution in [0.4, 0.5) is 5.69 Å². The molecule has 1 aromatic rings. The van der Waals surface area contributed by atoms with Gasteiger partial charge in [0.1, 0.15) is 0 Å². The van der Waals surface area contributed by atoms with E-state index in [4.69, 9.17) is 5.73 Å². The van der Waals surface area contributed by atoms with Gasteiger partial charge in [0.2, 0.25) is 0 Å². The van der Waals surface area contributed by atoms with Gasteiger partial charge >= 0.3 is 0 Å². The Balaban J connectivity index is 1.86. The molecule has 4 heteroatoms. The Bertz CT molecular complexity index is 385. The molecule has 1 atom stereocenters. The summed E-state index contributed by atoms with van der Waals surface area (Å²) in [5.74, 6) is 0.808. The Morgan fingerprint density at radius 2 is 2.00 bits per heavy atom. The zero-order valence-corrected chi connectivity index (χ0v) is 9.84. The van der Waals surface area contributed by atoms with Gasteiger partial charge in [-0.05, 0) is 24.3 Å². The van der Waals surface area contributed by atoms with Gasteiger partial charge in [-0.3, -0.25) is 10.1 Å². The maximum atomic E-state index is 10.5. The van der Waals surface area contributed by atoms with Crippen LogP contribution in [-0.4, -0.2) is 11.0 Å². The predicted molar refractivity (Wildman–Crippen MR) is 66.7 cm³/mol. The molecular formula is C13H18N2O2. The molecule has 1 aliphatic rings. The second kappa shape index (κ2) is 5.27. The summed E-state index contributed by atoms with van der Waals surface area (Å²) in [4.78, 5) is 10.1. The molecule has 2 N–H and O–H groups in total. The van der Waals surface area contributed by atoms with Crippen molar-refractivity contribution < 1.29 is 4.92 Å². The molecular weight excluding hydrogens is 216 g/mol. The van der Waals surface area contributed by atoms with Gasteiger partial charge in [-0.2, -0.15) is 0 Å². The number of nitro groups is 1. The van der Waals surface area contributed by atoms with Gasteiger partial charge in [-0.1, -0.05) is 31.4 Å². The molecule has 0 amide bonds. The van der Waals surface area contributed by atoms with Crippen molar-refractivity contribution in [1.29, 1.82) is 0 Å². The van der Waals surface area contributed by atoms with Crippen molar-refractivity contribution >= 4 is 5.69 Å². The maximum absolute atomic E-state index is 10.5. The van der Waals surface area contributed by atoms with E-state index in [0.717, 1.165) is 24.3 Å². The van der Waals surface area contributed by atoms with Crippen molar-refractivity contribution in [1.82, 2.24) is 0 Å². The largest absolute Gasteiger partial charge is 0.327 e. The van der Waals surface area contributed by atoms with Crippen LogP contribution in [0.1, 0.15) is 31.2 Å². The molecule has 0 heterocycles. The molecule has 1 saturated carbocycles. The average Bonchev–Trinajstić information content (AvgIpc) is 2.24. The monoisotopic (exact) mass is 234 g/mol. The first-order valence-corrected chi connectivity index (χ1v) is 6.14. The van der Waals surface area contributed by atoms with Crippen molar-refractivity contribution in [2.75, 3.05) is 0 Å². The van der Waals surface area contributed by atoms with Crippen LogP contribution in [0.25, 0.3) is 0 Å². The summed E-state index contributed by atoms with van der Waals surface area (Å²) in [5.41, 5.74) is 7.31. The first-order chi connectivity index (χ1) is 8.15. The fourth-order valence-electron chi connectivity index (χ4n) is 2.30. The van der Waals surface area contributed by atoms with Gasteiger partial charge < -0.3 is 5.73 Å². The third kappa shape index (κ3) is 3.27. The van der Waals surface area contributed by atoms with Crippen molar-refractivity contribution in [2.24, 2.45) is 11.7 Å². The lowest BCUT2D eigenvalue weighted by molar-refractivity contribution is -0.384. The van der Waals surface area contributed by atoms with Crippen molar-refractivity contribution in [3.8, 4) is 0 Å². The number of benzene rings is 1. The molecule has 92 valence electrons. The van der Waals surface area contributed by atoms with Gasteiger partial charge in [0.15, 0.2) is 0 Å². The number of nitrogens with zero attached hydrogens (tertiary/aromatic N) is 1. The first-order valence-electron chi connectivity index (χ1n) is 6.14. The highest BCUT2D eigenvalue weighted by Crippen LogP contribution is 2.30. The average molecular weight is 234 g/mol. The summed E-state index contributed by atoms with van der Waals surface area (Å²) in [6, 6.07) is 6.88. The molecule has 0 saturated heterocycles. The molecule has 0 spiro atoms. The number of nitrogens with two attached hydrogens (primary N) is 1. The fourth-order valence-corrected chi connectivity index (χ4v) is 2.30. The Labute approximate surface area is 101 Å². The van der Waals surface area contributed by atoms with Crippen LogP contribution in [-0.2, 0) is 6.42 Å². The number of hydrogen-bond donors (Lipinski definition) is 1. The topological polar surface area (TPSA) is 69.2 Å². The lowest BCUT2D eigenvalue weighted by Crippen LogP contribution is -2.28. The van der Waals surface area contributed by atoms with Crippen LogP contribution in [0.2, 0.25) is 0 Å². The van der Waals surface area contributed by atoms with Crippen molar-refractivity contribution in [3.63, 3.8) is 0 Å². The minimum Gasteiger partial charge on any atom is -0.327 e. The quantitative estimate of drug-likeness (QED) is 0.629. The number of rotatable bonds is 5. The summed E-state index contributed by atoms with van der Waals surface area (Å²) in [5, 5.41) is 10.5. The highest BCUT2D eigenvalue weighted by atomic mass is 16.6. The number of nitro benzene ring substituents is 1. The number of non-ortho nitro benzene ring substituents is 1. The molecule has 2 rings (SSSR count). The predicted octanol–water partition coefficient (Wildman–Crippen LogP) is 2.65. The molecule has 1 aromatic carbocycles. The van der Waals surface area contributed by atoms with E-state index < -0.39 is 0 Å². The summed E-state index contributed by atoms with van der Waals surface area (Å²) in [7, 11) is 0. The molecule has 4 nitrogen and oxygen atoms in total. The standard InChI is InChI=1S/C13H18N2O2/c14-12(8-10-2-1-3-10)9-11-4-6-13(7-5-11)15(16)17/h4-7,10,12H,1-3,8-9,14H2. The van der Waals surface area contributed by atoms with Crippen molar-refractivity contribution in [3.05, 3.63) is 39.9 Å². The Morgan fingerprint density at radius 3 is 2.47 bits per heavy atom. The van der Waals surface area contributed by atoms with Gasteiger partial charge in [0.05, 0.1) is 4.92 Å². The second-order valence-corrected chi connectivity index (χ2v) is 4.92. The SMILES string of the molecule is NC(Cc1ccc([N+](=O)[O-])cc1)CC1CCC1. The van der Waals surface area contributed by atoms with Crippen LogP contribution < -0.4 is 5.73 Å². The van der Waals surface area contributed by atoms with Gasteiger partial charge in [0, 0.05) is 18.2 Å². The van der Waals surface area contributed by atoms with Crippen LogP contribution in [0.5, 0.6) is 0 Å². The summed E-state index contributed by atoms with van der Waals surface area (Å²) < 4.78 is 0. The van der Waals surface area contributed by atoms with E-state index >= 15 is 0 Å². The van der Waals surface area contributed by atoms with Crippen LogP contribution in [0, 0.1) is 16.0 Å². The van der Waals surface area contributed by atoms with Gasteiger partial charge in [-0.15, -0.1) is 0 Å². The van der Waals surface area contributed by atoms with Crippen LogP contribution in [0.3, 0.4) is 0 Å². The lowest BCUT2D eigenvalue weighted by atomic mass is 9.80. The third-order valence-corrected chi connectivity index (χ3v) is 3.51. The molecule has 1 fully saturated rings. The molecule has 0 aromatic heterocycles. The lowest BCUT2D eigenvalue weighted by Gasteiger charge is -2.28. The molecule has 0 radical (unpaired) electrons. The van der Waals surface area contributed by atoms with E-state index in [1.54, 1.807) is 24.3 Å². The van der Waals surface area contributed by atoms with E-state index in [1.807, 2.05) is 0 Å². The van der Waals surface area contributed by atoms with E-state index in [0.29, 0.717) is 0 Å². The Kier molecular flexibility index (Phi) is 3.74. The Hall–Kier alpha value is -1.42. The smallest absolute Gasteiger partial charge is 0.269 e. The molecule has 1 unspecified atom stereocenters. The molecule has 1 aliphatic carbocycles. The Morgan fingerprint density at radius 1 is 1.35 bits per heavy atom. The summed E-state index contributed by atoms with van der Waals surface area (Å²) in [6.07, 6.45) is 5.86. The molecule has 0 aliphatic heterocycles. The van der Waals surface area contributed by atoms with E-state index in [9.17, 15) is 10.1 Å². The normalized spacial score (nSPS) is 17.5. The maximum Gasteiger partial charge on any atom is 0.269 e. The van der Waals surface area contributed by atoms with E-state index in [1.165, 1.54) is 19.3 Å². The highest BCUT2D eigenvalue weighted by molar-refractivity contribution is 5.33. The van der Waals surface area contributed by atoms with Crippen molar-refractivity contribution in [2.45, 2.75) is 38.1 Å². The summed E-state index contributed by atoms with van der Waals surface area (Å²) in [6.45, 7) is 0. The number of hydrogen-bond acceptors (Lipinski definition) is 3. The second-order valence-electron chi connectivity index (χ2n) is 4.92. The zero-order valence-electron chi connectivity index (χ0n) is 9.84.